The van der Waals surface area contributed by atoms with E-state index in [9.17, 15) is 14.9 Å². The van der Waals surface area contributed by atoms with Gasteiger partial charge in [0.05, 0.1) is 30.4 Å². The second-order valence-corrected chi connectivity index (χ2v) is 7.24. The lowest BCUT2D eigenvalue weighted by Crippen LogP contribution is -2.25. The highest BCUT2D eigenvalue weighted by Crippen LogP contribution is 2.34. The minimum absolute atomic E-state index is 0.0617. The van der Waals surface area contributed by atoms with E-state index in [0.29, 0.717) is 22.8 Å². The molecule has 3 aromatic rings. The molecule has 0 radical (unpaired) electrons. The van der Waals surface area contributed by atoms with E-state index in [4.69, 9.17) is 9.15 Å². The third-order valence-electron chi connectivity index (χ3n) is 3.96. The van der Waals surface area contributed by atoms with Gasteiger partial charge in [0.15, 0.2) is 0 Å². The van der Waals surface area contributed by atoms with Crippen molar-refractivity contribution in [1.82, 2.24) is 5.43 Å². The van der Waals surface area contributed by atoms with Crippen molar-refractivity contribution >= 4 is 46.1 Å². The van der Waals surface area contributed by atoms with E-state index < -0.39 is 4.92 Å². The quantitative estimate of drug-likeness (QED) is 0.200. The summed E-state index contributed by atoms with van der Waals surface area (Å²) in [5.74, 6) is 0.860. The number of benzene rings is 2. The highest BCUT2D eigenvalue weighted by Gasteiger charge is 2.15. The van der Waals surface area contributed by atoms with E-state index in [1.165, 1.54) is 31.5 Å². The van der Waals surface area contributed by atoms with Crippen LogP contribution in [0.25, 0.3) is 11.3 Å². The summed E-state index contributed by atoms with van der Waals surface area (Å²) in [6, 6.07) is 15.1. The Morgan fingerprint density at radius 1 is 1.23 bits per heavy atom. The van der Waals surface area contributed by atoms with Crippen LogP contribution in [0.4, 0.5) is 11.4 Å². The van der Waals surface area contributed by atoms with Crippen molar-refractivity contribution in [3.63, 3.8) is 0 Å². The predicted molar refractivity (Wildman–Crippen MR) is 121 cm³/mol. The molecule has 1 heterocycles. The molecule has 0 saturated carbocycles. The minimum Gasteiger partial charge on any atom is -0.496 e. The van der Waals surface area contributed by atoms with Crippen LogP contribution in [-0.4, -0.2) is 30.7 Å². The molecule has 30 heavy (non-hydrogen) atoms. The number of amides is 1. The van der Waals surface area contributed by atoms with Gasteiger partial charge in [0, 0.05) is 21.4 Å². The third-order valence-corrected chi connectivity index (χ3v) is 4.68. The first-order chi connectivity index (χ1) is 14.5. The first-order valence-electron chi connectivity index (χ1n) is 8.70. The molecule has 9 nitrogen and oxygen atoms in total. The molecule has 3 rings (SSSR count). The van der Waals surface area contributed by atoms with Gasteiger partial charge < -0.3 is 14.5 Å². The number of furan rings is 1. The molecule has 0 aliphatic heterocycles. The molecular weight excluding hydrogens is 503 g/mol. The van der Waals surface area contributed by atoms with Crippen LogP contribution < -0.4 is 15.5 Å². The molecule has 0 bridgehead atoms. The van der Waals surface area contributed by atoms with Crippen molar-refractivity contribution in [2.75, 3.05) is 19.0 Å². The number of rotatable bonds is 8. The van der Waals surface area contributed by atoms with E-state index >= 15 is 0 Å². The summed E-state index contributed by atoms with van der Waals surface area (Å²) < 4.78 is 12.0. The van der Waals surface area contributed by atoms with Crippen molar-refractivity contribution in [1.29, 1.82) is 0 Å². The zero-order chi connectivity index (χ0) is 21.5. The Labute approximate surface area is 185 Å². The van der Waals surface area contributed by atoms with Gasteiger partial charge in [0.1, 0.15) is 17.3 Å². The van der Waals surface area contributed by atoms with Crippen LogP contribution in [0, 0.1) is 13.7 Å². The van der Waals surface area contributed by atoms with Gasteiger partial charge in [0.2, 0.25) is 0 Å². The predicted octanol–water partition coefficient (Wildman–Crippen LogP) is 4.03. The van der Waals surface area contributed by atoms with Gasteiger partial charge >= 0.3 is 0 Å². The number of methoxy groups -OCH3 is 1. The van der Waals surface area contributed by atoms with Crippen LogP contribution in [0.15, 0.2) is 64.1 Å². The van der Waals surface area contributed by atoms with Crippen LogP contribution in [0.3, 0.4) is 0 Å². The molecule has 1 amide bonds. The number of ether oxygens (including phenoxy) is 1. The zero-order valence-electron chi connectivity index (χ0n) is 15.8. The summed E-state index contributed by atoms with van der Waals surface area (Å²) in [5, 5.41) is 17.9. The molecule has 0 unspecified atom stereocenters. The summed E-state index contributed by atoms with van der Waals surface area (Å²) >= 11 is 2.20. The maximum atomic E-state index is 11.9. The Morgan fingerprint density at radius 3 is 2.70 bits per heavy atom. The fraction of sp³-hybridized carbons (Fsp3) is 0.100. The molecule has 0 atom stereocenters. The molecule has 2 N–H and O–H groups in total. The number of nitrogens with one attached hydrogen (secondary N) is 2. The number of halogens is 1. The number of hydrazone groups is 1. The lowest BCUT2D eigenvalue weighted by molar-refractivity contribution is -0.384. The topological polar surface area (TPSA) is 119 Å². The Bertz CT molecular complexity index is 1080. The zero-order valence-corrected chi connectivity index (χ0v) is 18.0. The lowest BCUT2D eigenvalue weighted by atomic mass is 10.1. The number of carbonyl (C=O) groups is 1. The van der Waals surface area contributed by atoms with Gasteiger partial charge in [-0.3, -0.25) is 14.9 Å². The van der Waals surface area contributed by atoms with Gasteiger partial charge in [-0.15, -0.1) is 0 Å². The number of anilines is 1. The average molecular weight is 520 g/mol. The van der Waals surface area contributed by atoms with E-state index in [-0.39, 0.29) is 18.1 Å². The molecule has 10 heteroatoms. The van der Waals surface area contributed by atoms with Crippen molar-refractivity contribution < 1.29 is 18.9 Å². The van der Waals surface area contributed by atoms with Crippen LogP contribution in [-0.2, 0) is 4.79 Å². The van der Waals surface area contributed by atoms with Crippen molar-refractivity contribution in [2.24, 2.45) is 5.10 Å². The summed E-state index contributed by atoms with van der Waals surface area (Å²) in [6.07, 6.45) is 1.34. The van der Waals surface area contributed by atoms with Gasteiger partial charge in [-0.2, -0.15) is 5.10 Å². The number of non-ortho nitro benzene ring substituents is 1. The smallest absolute Gasteiger partial charge is 0.270 e. The van der Waals surface area contributed by atoms with Crippen molar-refractivity contribution in [2.45, 2.75) is 0 Å². The molecule has 0 fully saturated rings. The number of nitro groups is 1. The monoisotopic (exact) mass is 520 g/mol. The minimum atomic E-state index is -0.492. The molecule has 154 valence electrons. The standard InChI is InChI=1S/C20H17IN4O5/c1-29-18-8-6-15(25(27)28)10-17(18)19-9-7-16(30-19)11-23-24-20(26)12-22-14-4-2-13(21)3-5-14/h2-11,22H,12H2,1H3,(H,24,26)/b23-11-. The number of carbonyl (C=O) groups excluding carboxylic acids is 1. The summed E-state index contributed by atoms with van der Waals surface area (Å²) in [5.41, 5.74) is 3.59. The lowest BCUT2D eigenvalue weighted by Gasteiger charge is -2.05. The highest BCUT2D eigenvalue weighted by atomic mass is 127. The second-order valence-electron chi connectivity index (χ2n) is 6.00. The molecule has 0 spiro atoms. The molecular formula is C20H17IN4O5. The molecule has 2 aromatic carbocycles. The van der Waals surface area contributed by atoms with E-state index in [2.05, 4.69) is 38.4 Å². The number of nitrogens with zero attached hydrogens (tertiary/aromatic N) is 2. The summed E-state index contributed by atoms with van der Waals surface area (Å²) in [4.78, 5) is 22.4. The Kier molecular flexibility index (Phi) is 7.01. The Morgan fingerprint density at radius 2 is 2.00 bits per heavy atom. The van der Waals surface area contributed by atoms with Crippen molar-refractivity contribution in [3.8, 4) is 17.1 Å². The van der Waals surface area contributed by atoms with Crippen LogP contribution in [0.5, 0.6) is 5.75 Å². The normalized spacial score (nSPS) is 10.7. The first-order valence-corrected chi connectivity index (χ1v) is 9.78. The Hall–Kier alpha value is -3.41. The average Bonchev–Trinajstić information content (AvgIpc) is 3.21. The summed E-state index contributed by atoms with van der Waals surface area (Å²) in [6.45, 7) is 0.0617. The van der Waals surface area contributed by atoms with Crippen LogP contribution in [0.2, 0.25) is 0 Å². The SMILES string of the molecule is COc1ccc([N+](=O)[O-])cc1-c1ccc(/C=N\NC(=O)CNc2ccc(I)cc2)o1. The van der Waals surface area contributed by atoms with Gasteiger partial charge in [-0.05, 0) is 65.1 Å². The fourth-order valence-electron chi connectivity index (χ4n) is 2.53. The van der Waals surface area contributed by atoms with Gasteiger partial charge in [0.25, 0.3) is 11.6 Å². The highest BCUT2D eigenvalue weighted by molar-refractivity contribution is 14.1. The fourth-order valence-corrected chi connectivity index (χ4v) is 2.89. The maximum absolute atomic E-state index is 11.9. The van der Waals surface area contributed by atoms with Gasteiger partial charge in [-0.25, -0.2) is 5.43 Å². The molecule has 0 aliphatic carbocycles. The van der Waals surface area contributed by atoms with Crippen molar-refractivity contribution in [3.05, 3.63) is 74.0 Å². The van der Waals surface area contributed by atoms with Gasteiger partial charge in [-0.1, -0.05) is 0 Å². The van der Waals surface area contributed by atoms with E-state index in [0.717, 1.165) is 9.26 Å². The van der Waals surface area contributed by atoms with E-state index in [1.807, 2.05) is 24.3 Å². The first kappa shape index (κ1) is 21.3. The molecule has 0 saturated heterocycles. The molecule has 1 aromatic heterocycles. The van der Waals surface area contributed by atoms with Crippen LogP contribution >= 0.6 is 22.6 Å². The summed E-state index contributed by atoms with van der Waals surface area (Å²) in [7, 11) is 1.47. The number of nitro benzene ring substituents is 1. The second kappa shape index (κ2) is 9.87. The Balaban J connectivity index is 1.60. The molecule has 0 aliphatic rings. The largest absolute Gasteiger partial charge is 0.496 e. The number of hydrogen-bond donors (Lipinski definition) is 2. The van der Waals surface area contributed by atoms with Crippen LogP contribution in [0.1, 0.15) is 5.76 Å². The third kappa shape index (κ3) is 5.56. The van der Waals surface area contributed by atoms with E-state index in [1.54, 1.807) is 12.1 Å². The number of hydrogen-bond acceptors (Lipinski definition) is 7. The maximum Gasteiger partial charge on any atom is 0.270 e.